The molecule has 0 aliphatic carbocycles. The van der Waals surface area contributed by atoms with Crippen LogP contribution in [0.15, 0.2) is 53.4 Å². The Kier molecular flexibility index (Phi) is 6.80. The first-order chi connectivity index (χ1) is 15.3. The van der Waals surface area contributed by atoms with E-state index in [-0.39, 0.29) is 29.6 Å². The first-order valence-corrected chi connectivity index (χ1v) is 12.2. The highest BCUT2D eigenvalue weighted by molar-refractivity contribution is 7.89. The van der Waals surface area contributed by atoms with Crippen LogP contribution in [-0.2, 0) is 26.1 Å². The smallest absolute Gasteiger partial charge is 0.243 e. The molecule has 1 fully saturated rings. The van der Waals surface area contributed by atoms with Gasteiger partial charge in [0, 0.05) is 37.4 Å². The average molecular weight is 460 g/mol. The Labute approximate surface area is 189 Å². The van der Waals surface area contributed by atoms with Gasteiger partial charge in [-0.3, -0.25) is 9.69 Å². The molecule has 2 heterocycles. The lowest BCUT2D eigenvalue weighted by Crippen LogP contribution is -2.48. The molecule has 2 aromatic carbocycles. The second-order valence-electron chi connectivity index (χ2n) is 8.32. The van der Waals surface area contributed by atoms with Crippen LogP contribution in [0.2, 0.25) is 0 Å². The zero-order valence-electron chi connectivity index (χ0n) is 18.4. The standard InChI is InChI=1S/C23H29N3O5S/c1-17-13-26(14-18(2)31-17)32(28,29)21-9-7-20(8-10-21)24-23(27)16-25-11-12-30-22-6-4-3-5-19(22)15-25/h3-10,17-18H,11-16H2,1-2H3,(H,24,27). The minimum Gasteiger partial charge on any atom is -0.492 e. The molecule has 2 unspecified atom stereocenters. The van der Waals surface area contributed by atoms with Crippen molar-refractivity contribution in [2.75, 3.05) is 38.1 Å². The van der Waals surface area contributed by atoms with Gasteiger partial charge in [0.1, 0.15) is 12.4 Å². The number of anilines is 1. The molecule has 4 rings (SSSR count). The lowest BCUT2D eigenvalue weighted by atomic mass is 10.2. The normalized spacial score (nSPS) is 22.4. The van der Waals surface area contributed by atoms with Crippen LogP contribution in [0.4, 0.5) is 5.69 Å². The number of benzene rings is 2. The third-order valence-corrected chi connectivity index (χ3v) is 7.41. The summed E-state index contributed by atoms with van der Waals surface area (Å²) in [5.41, 5.74) is 1.61. The number of carbonyl (C=O) groups is 1. The topological polar surface area (TPSA) is 88.2 Å². The summed E-state index contributed by atoms with van der Waals surface area (Å²) in [6.07, 6.45) is -0.299. The third kappa shape index (κ3) is 5.29. The summed E-state index contributed by atoms with van der Waals surface area (Å²) in [6, 6.07) is 14.1. The largest absolute Gasteiger partial charge is 0.492 e. The van der Waals surface area contributed by atoms with Crippen LogP contribution in [0.25, 0.3) is 0 Å². The minimum absolute atomic E-state index is 0.150. The van der Waals surface area contributed by atoms with E-state index in [1.54, 1.807) is 12.1 Å². The maximum atomic E-state index is 13.0. The summed E-state index contributed by atoms with van der Waals surface area (Å²) in [4.78, 5) is 14.8. The number of hydrogen-bond donors (Lipinski definition) is 1. The molecule has 0 saturated carbocycles. The predicted octanol–water partition coefficient (Wildman–Crippen LogP) is 2.32. The Morgan fingerprint density at radius 3 is 2.47 bits per heavy atom. The first-order valence-electron chi connectivity index (χ1n) is 10.8. The van der Waals surface area contributed by atoms with Crippen LogP contribution in [-0.4, -0.2) is 68.5 Å². The van der Waals surface area contributed by atoms with Crippen molar-refractivity contribution in [2.24, 2.45) is 0 Å². The SMILES string of the molecule is CC1CN(S(=O)(=O)c2ccc(NC(=O)CN3CCOc4ccccc4C3)cc2)CC(C)O1. The molecule has 0 spiro atoms. The van der Waals surface area contributed by atoms with E-state index in [9.17, 15) is 13.2 Å². The van der Waals surface area contributed by atoms with Gasteiger partial charge in [0.25, 0.3) is 0 Å². The van der Waals surface area contributed by atoms with Crippen LogP contribution < -0.4 is 10.1 Å². The number of rotatable bonds is 5. The Bertz CT molecular complexity index is 1050. The average Bonchev–Trinajstić information content (AvgIpc) is 2.95. The summed E-state index contributed by atoms with van der Waals surface area (Å²) >= 11 is 0. The van der Waals surface area contributed by atoms with Crippen molar-refractivity contribution in [3.05, 3.63) is 54.1 Å². The van der Waals surface area contributed by atoms with Gasteiger partial charge in [0.15, 0.2) is 0 Å². The second-order valence-corrected chi connectivity index (χ2v) is 10.3. The van der Waals surface area contributed by atoms with E-state index in [1.165, 1.54) is 16.4 Å². The maximum Gasteiger partial charge on any atom is 0.243 e. The van der Waals surface area contributed by atoms with Gasteiger partial charge in [-0.05, 0) is 44.2 Å². The van der Waals surface area contributed by atoms with Gasteiger partial charge in [-0.25, -0.2) is 8.42 Å². The van der Waals surface area contributed by atoms with Gasteiger partial charge in [-0.2, -0.15) is 4.31 Å². The van der Waals surface area contributed by atoms with Gasteiger partial charge in [-0.15, -0.1) is 0 Å². The molecule has 0 bridgehead atoms. The van der Waals surface area contributed by atoms with Crippen molar-refractivity contribution >= 4 is 21.6 Å². The van der Waals surface area contributed by atoms with Gasteiger partial charge >= 0.3 is 0 Å². The number of para-hydroxylation sites is 1. The summed E-state index contributed by atoms with van der Waals surface area (Å²) in [6.45, 7) is 6.42. The molecule has 1 N–H and O–H groups in total. The zero-order valence-corrected chi connectivity index (χ0v) is 19.2. The van der Waals surface area contributed by atoms with Crippen LogP contribution in [0.5, 0.6) is 5.75 Å². The number of amides is 1. The lowest BCUT2D eigenvalue weighted by Gasteiger charge is -2.34. The number of hydrogen-bond acceptors (Lipinski definition) is 6. The number of morpholine rings is 1. The van der Waals surface area contributed by atoms with E-state index in [0.29, 0.717) is 38.5 Å². The van der Waals surface area contributed by atoms with Crippen molar-refractivity contribution in [3.63, 3.8) is 0 Å². The highest BCUT2D eigenvalue weighted by atomic mass is 32.2. The Hall–Kier alpha value is -2.46. The molecule has 9 heteroatoms. The number of fused-ring (bicyclic) bond motifs is 1. The number of carbonyl (C=O) groups excluding carboxylic acids is 1. The Morgan fingerprint density at radius 2 is 1.75 bits per heavy atom. The highest BCUT2D eigenvalue weighted by Gasteiger charge is 2.32. The fraction of sp³-hybridized carbons (Fsp3) is 0.435. The second kappa shape index (κ2) is 9.58. The number of nitrogens with one attached hydrogen (secondary N) is 1. The quantitative estimate of drug-likeness (QED) is 0.738. The molecular weight excluding hydrogens is 430 g/mol. The molecule has 32 heavy (non-hydrogen) atoms. The van der Waals surface area contributed by atoms with E-state index in [1.807, 2.05) is 43.0 Å². The van der Waals surface area contributed by atoms with Gasteiger partial charge in [0.05, 0.1) is 23.6 Å². The van der Waals surface area contributed by atoms with Crippen LogP contribution in [0.1, 0.15) is 19.4 Å². The van der Waals surface area contributed by atoms with Crippen molar-refractivity contribution in [2.45, 2.75) is 37.5 Å². The van der Waals surface area contributed by atoms with Crippen molar-refractivity contribution < 1.29 is 22.7 Å². The van der Waals surface area contributed by atoms with Crippen molar-refractivity contribution in [1.82, 2.24) is 9.21 Å². The number of sulfonamides is 1. The fourth-order valence-corrected chi connectivity index (χ4v) is 5.70. The van der Waals surface area contributed by atoms with Gasteiger partial charge < -0.3 is 14.8 Å². The third-order valence-electron chi connectivity index (χ3n) is 5.56. The number of nitrogens with zero attached hydrogens (tertiary/aromatic N) is 2. The van der Waals surface area contributed by atoms with E-state index >= 15 is 0 Å². The van der Waals surface area contributed by atoms with Crippen molar-refractivity contribution in [1.29, 1.82) is 0 Å². The summed E-state index contributed by atoms with van der Waals surface area (Å²) in [5.74, 6) is 0.701. The van der Waals surface area contributed by atoms with E-state index in [4.69, 9.17) is 9.47 Å². The molecule has 8 nitrogen and oxygen atoms in total. The molecular formula is C23H29N3O5S. The molecule has 2 aliphatic rings. The number of ether oxygens (including phenoxy) is 2. The van der Waals surface area contributed by atoms with E-state index < -0.39 is 10.0 Å². The zero-order chi connectivity index (χ0) is 22.7. The summed E-state index contributed by atoms with van der Waals surface area (Å²) in [5, 5.41) is 2.86. The summed E-state index contributed by atoms with van der Waals surface area (Å²) in [7, 11) is -3.61. The molecule has 0 aromatic heterocycles. The van der Waals surface area contributed by atoms with Gasteiger partial charge in [-0.1, -0.05) is 18.2 Å². The summed E-state index contributed by atoms with van der Waals surface area (Å²) < 4.78 is 38.8. The van der Waals surface area contributed by atoms with E-state index in [2.05, 4.69) is 5.32 Å². The molecule has 1 saturated heterocycles. The van der Waals surface area contributed by atoms with Crippen LogP contribution >= 0.6 is 0 Å². The lowest BCUT2D eigenvalue weighted by molar-refractivity contribution is -0.117. The molecule has 0 radical (unpaired) electrons. The molecule has 1 amide bonds. The van der Waals surface area contributed by atoms with Gasteiger partial charge in [0.2, 0.25) is 15.9 Å². The van der Waals surface area contributed by atoms with E-state index in [0.717, 1.165) is 11.3 Å². The Morgan fingerprint density at radius 1 is 1.06 bits per heavy atom. The fourth-order valence-electron chi connectivity index (χ4n) is 4.10. The molecule has 2 aromatic rings. The monoisotopic (exact) mass is 459 g/mol. The van der Waals surface area contributed by atoms with Crippen LogP contribution in [0, 0.1) is 0 Å². The maximum absolute atomic E-state index is 13.0. The predicted molar refractivity (Wildman–Crippen MR) is 121 cm³/mol. The molecule has 2 aliphatic heterocycles. The molecule has 172 valence electrons. The Balaban J connectivity index is 1.37. The van der Waals surface area contributed by atoms with Crippen LogP contribution in [0.3, 0.4) is 0 Å². The minimum atomic E-state index is -3.61. The molecule has 2 atom stereocenters. The first kappa shape index (κ1) is 22.7. The van der Waals surface area contributed by atoms with Crippen molar-refractivity contribution in [3.8, 4) is 5.75 Å². The highest BCUT2D eigenvalue weighted by Crippen LogP contribution is 2.24.